The lowest BCUT2D eigenvalue weighted by Crippen LogP contribution is -2.38. The summed E-state index contributed by atoms with van der Waals surface area (Å²) < 4.78 is 24.0. The number of morpholine rings is 1. The van der Waals surface area contributed by atoms with Gasteiger partial charge in [-0.2, -0.15) is 5.10 Å². The zero-order valence-corrected chi connectivity index (χ0v) is 20.0. The Labute approximate surface area is 212 Å². The number of hydrogen-bond acceptors (Lipinski definition) is 8. The van der Waals surface area contributed by atoms with Gasteiger partial charge in [-0.15, -0.1) is 0 Å². The van der Waals surface area contributed by atoms with Gasteiger partial charge in [0.15, 0.2) is 17.4 Å². The average molecular weight is 504 g/mol. The first-order valence-corrected chi connectivity index (χ1v) is 11.9. The molecule has 0 radical (unpaired) electrons. The van der Waals surface area contributed by atoms with Crippen LogP contribution < -0.4 is 10.6 Å². The molecule has 0 unspecified atom stereocenters. The minimum Gasteiger partial charge on any atom is -0.463 e. The van der Waals surface area contributed by atoms with Gasteiger partial charge in [0.1, 0.15) is 23.1 Å². The second kappa shape index (κ2) is 11.6. The van der Waals surface area contributed by atoms with E-state index in [1.807, 2.05) is 6.07 Å². The molecule has 5 rings (SSSR count). The first-order chi connectivity index (χ1) is 18.1. The van der Waals surface area contributed by atoms with Crippen LogP contribution in [0.5, 0.6) is 0 Å². The molecule has 1 aromatic carbocycles. The van der Waals surface area contributed by atoms with Crippen LogP contribution in [-0.4, -0.2) is 63.8 Å². The van der Waals surface area contributed by atoms with Crippen LogP contribution in [0.1, 0.15) is 17.8 Å². The van der Waals surface area contributed by atoms with Crippen LogP contribution >= 0.6 is 0 Å². The van der Waals surface area contributed by atoms with E-state index in [4.69, 9.17) is 9.15 Å². The van der Waals surface area contributed by atoms with Gasteiger partial charge in [-0.05, 0) is 35.9 Å². The number of furan rings is 1. The van der Waals surface area contributed by atoms with Gasteiger partial charge < -0.3 is 19.8 Å². The summed E-state index contributed by atoms with van der Waals surface area (Å²) in [7, 11) is 0. The fraction of sp³-hybridized carbons (Fsp3) is 0.231. The number of carbonyl (C=O) groups is 1. The number of benzene rings is 1. The highest BCUT2D eigenvalue weighted by atomic mass is 19.1. The summed E-state index contributed by atoms with van der Waals surface area (Å²) in [6.45, 7) is 3.64. The number of halogens is 1. The molecule has 1 amide bonds. The molecule has 4 aromatic rings. The van der Waals surface area contributed by atoms with E-state index in [0.717, 1.165) is 18.7 Å². The number of aromatic amines is 1. The van der Waals surface area contributed by atoms with E-state index in [0.29, 0.717) is 60.9 Å². The minimum absolute atomic E-state index is 0.149. The quantitative estimate of drug-likeness (QED) is 0.311. The summed E-state index contributed by atoms with van der Waals surface area (Å²) in [5.41, 5.74) is 1.49. The van der Waals surface area contributed by atoms with Crippen LogP contribution in [-0.2, 0) is 9.53 Å². The third-order valence-corrected chi connectivity index (χ3v) is 5.69. The molecule has 0 saturated carbocycles. The Balaban J connectivity index is 1.32. The number of rotatable bonds is 9. The maximum Gasteiger partial charge on any atom is 0.226 e. The molecule has 1 saturated heterocycles. The molecule has 10 nitrogen and oxygen atoms in total. The number of nitrogens with zero attached hydrogens (tertiary/aromatic N) is 4. The standard InChI is InChI=1S/C26H26FN7O3/c27-19-6-3-18(4-7-19)5-8-22-28-23(30-25-16-20(32-33-25)21-2-1-13-37-21)17-24(29-22)31-26(35)9-10-34-11-14-36-15-12-34/h1-8,13,16-17H,9-12,14-15H2,(H3,28,29,30,31,32,33,35). The predicted molar refractivity (Wildman–Crippen MR) is 137 cm³/mol. The van der Waals surface area contributed by atoms with Crippen molar-refractivity contribution >= 4 is 35.5 Å². The van der Waals surface area contributed by atoms with Crippen molar-refractivity contribution in [3.05, 3.63) is 72.0 Å². The molecular formula is C26H26FN7O3. The molecular weight excluding hydrogens is 477 g/mol. The molecule has 1 aliphatic rings. The number of H-pyrrole nitrogens is 1. The summed E-state index contributed by atoms with van der Waals surface area (Å²) in [6, 6.07) is 13.1. The van der Waals surface area contributed by atoms with Crippen LogP contribution in [0.2, 0.25) is 0 Å². The van der Waals surface area contributed by atoms with E-state index >= 15 is 0 Å². The number of hydrogen-bond donors (Lipinski definition) is 3. The highest BCUT2D eigenvalue weighted by Crippen LogP contribution is 2.23. The number of nitrogens with one attached hydrogen (secondary N) is 3. The topological polar surface area (TPSA) is 121 Å². The van der Waals surface area contributed by atoms with Crippen molar-refractivity contribution < 1.29 is 18.3 Å². The number of amides is 1. The van der Waals surface area contributed by atoms with Crippen LogP contribution in [0.4, 0.5) is 21.8 Å². The van der Waals surface area contributed by atoms with Crippen LogP contribution in [0.15, 0.2) is 59.2 Å². The predicted octanol–water partition coefficient (Wildman–Crippen LogP) is 4.17. The lowest BCUT2D eigenvalue weighted by molar-refractivity contribution is -0.116. The Morgan fingerprint density at radius 1 is 1.05 bits per heavy atom. The van der Waals surface area contributed by atoms with Gasteiger partial charge in [-0.3, -0.25) is 14.8 Å². The third-order valence-electron chi connectivity index (χ3n) is 5.69. The summed E-state index contributed by atoms with van der Waals surface area (Å²) in [5.74, 6) is 1.86. The maximum atomic E-state index is 13.2. The largest absolute Gasteiger partial charge is 0.463 e. The van der Waals surface area contributed by atoms with Gasteiger partial charge in [0.2, 0.25) is 5.91 Å². The Morgan fingerprint density at radius 3 is 2.65 bits per heavy atom. The van der Waals surface area contributed by atoms with Gasteiger partial charge in [0, 0.05) is 38.2 Å². The Kier molecular flexibility index (Phi) is 7.63. The highest BCUT2D eigenvalue weighted by Gasteiger charge is 2.14. The van der Waals surface area contributed by atoms with Crippen molar-refractivity contribution in [2.45, 2.75) is 6.42 Å². The zero-order valence-electron chi connectivity index (χ0n) is 20.0. The molecule has 3 N–H and O–H groups in total. The first kappa shape index (κ1) is 24.3. The fourth-order valence-corrected chi connectivity index (χ4v) is 3.78. The molecule has 4 heterocycles. The van der Waals surface area contributed by atoms with E-state index in [1.165, 1.54) is 12.1 Å². The molecule has 0 spiro atoms. The lowest BCUT2D eigenvalue weighted by atomic mass is 10.2. The fourth-order valence-electron chi connectivity index (χ4n) is 3.78. The number of carbonyl (C=O) groups excluding carboxylic acids is 1. The van der Waals surface area contributed by atoms with Gasteiger partial charge in [-0.25, -0.2) is 14.4 Å². The lowest BCUT2D eigenvalue weighted by Gasteiger charge is -2.26. The second-order valence-electron chi connectivity index (χ2n) is 8.40. The Hall–Kier alpha value is -4.35. The van der Waals surface area contributed by atoms with Crippen molar-refractivity contribution in [1.82, 2.24) is 25.1 Å². The normalized spacial score (nSPS) is 14.2. The molecule has 37 heavy (non-hydrogen) atoms. The molecule has 0 atom stereocenters. The molecule has 1 fully saturated rings. The monoisotopic (exact) mass is 503 g/mol. The van der Waals surface area contributed by atoms with Crippen molar-refractivity contribution in [3.8, 4) is 11.5 Å². The van der Waals surface area contributed by atoms with E-state index in [2.05, 4.69) is 35.7 Å². The average Bonchev–Trinajstić information content (AvgIpc) is 3.60. The van der Waals surface area contributed by atoms with E-state index < -0.39 is 0 Å². The summed E-state index contributed by atoms with van der Waals surface area (Å²) >= 11 is 0. The van der Waals surface area contributed by atoms with Crippen LogP contribution in [0, 0.1) is 5.82 Å². The van der Waals surface area contributed by atoms with Gasteiger partial charge in [0.05, 0.1) is 19.5 Å². The molecule has 190 valence electrons. The molecule has 3 aromatic heterocycles. The first-order valence-electron chi connectivity index (χ1n) is 11.9. The van der Waals surface area contributed by atoms with Gasteiger partial charge in [-0.1, -0.05) is 18.2 Å². The maximum absolute atomic E-state index is 13.2. The van der Waals surface area contributed by atoms with Gasteiger partial charge >= 0.3 is 0 Å². The van der Waals surface area contributed by atoms with Crippen LogP contribution in [0.3, 0.4) is 0 Å². The van der Waals surface area contributed by atoms with Crippen molar-refractivity contribution in [1.29, 1.82) is 0 Å². The second-order valence-corrected chi connectivity index (χ2v) is 8.40. The number of aromatic nitrogens is 4. The van der Waals surface area contributed by atoms with Crippen LogP contribution in [0.25, 0.3) is 23.6 Å². The third kappa shape index (κ3) is 6.87. The molecule has 0 bridgehead atoms. The van der Waals surface area contributed by atoms with Crippen molar-refractivity contribution in [2.75, 3.05) is 43.5 Å². The zero-order chi connectivity index (χ0) is 25.5. The smallest absolute Gasteiger partial charge is 0.226 e. The number of anilines is 3. The SMILES string of the molecule is O=C(CCN1CCOCC1)Nc1cc(Nc2cc(-c3ccco3)[nH]n2)nc(C=Cc2ccc(F)cc2)n1. The van der Waals surface area contributed by atoms with E-state index in [1.54, 1.807) is 48.7 Å². The minimum atomic E-state index is -0.311. The summed E-state index contributed by atoms with van der Waals surface area (Å²) in [6.07, 6.45) is 5.38. The molecule has 1 aliphatic heterocycles. The molecule has 11 heteroatoms. The number of ether oxygens (including phenoxy) is 1. The summed E-state index contributed by atoms with van der Waals surface area (Å²) in [4.78, 5) is 23.8. The van der Waals surface area contributed by atoms with Gasteiger partial charge in [0.25, 0.3) is 0 Å². The van der Waals surface area contributed by atoms with E-state index in [-0.39, 0.29) is 11.7 Å². The Bertz CT molecular complexity index is 1350. The summed E-state index contributed by atoms with van der Waals surface area (Å²) in [5, 5.41) is 13.2. The molecule has 0 aliphatic carbocycles. The Morgan fingerprint density at radius 2 is 1.86 bits per heavy atom. The van der Waals surface area contributed by atoms with Crippen molar-refractivity contribution in [2.24, 2.45) is 0 Å². The van der Waals surface area contributed by atoms with Crippen molar-refractivity contribution in [3.63, 3.8) is 0 Å². The highest BCUT2D eigenvalue weighted by molar-refractivity contribution is 5.90. The van der Waals surface area contributed by atoms with E-state index in [9.17, 15) is 9.18 Å².